The molecule has 1 saturated carbocycles. The van der Waals surface area contributed by atoms with Crippen molar-refractivity contribution in [3.8, 4) is 0 Å². The first-order chi connectivity index (χ1) is 6.28. The van der Waals surface area contributed by atoms with E-state index < -0.39 is 0 Å². The Hall–Kier alpha value is -0.630. The zero-order chi connectivity index (χ0) is 9.31. The normalized spacial score (nSPS) is 19.2. The highest BCUT2D eigenvalue weighted by Gasteiger charge is 2.39. The van der Waals surface area contributed by atoms with Crippen LogP contribution in [0.3, 0.4) is 0 Å². The molecule has 2 heteroatoms. The van der Waals surface area contributed by atoms with Crippen LogP contribution in [-0.2, 0) is 10.2 Å². The molecule has 13 heavy (non-hydrogen) atoms. The van der Waals surface area contributed by atoms with E-state index in [0.29, 0.717) is 0 Å². The molecular weight excluding hydrogens is 228 g/mol. The Bertz CT molecular complexity index is 329. The summed E-state index contributed by atoms with van der Waals surface area (Å²) < 4.78 is 1.06. The molecule has 0 aliphatic heterocycles. The smallest absolute Gasteiger partial charge is 0.130 e. The highest BCUT2D eigenvalue weighted by Crippen LogP contribution is 2.44. The van der Waals surface area contributed by atoms with Gasteiger partial charge >= 0.3 is 0 Å². The topological polar surface area (TPSA) is 17.1 Å². The van der Waals surface area contributed by atoms with Crippen molar-refractivity contribution in [2.24, 2.45) is 0 Å². The van der Waals surface area contributed by atoms with Gasteiger partial charge in [0.15, 0.2) is 0 Å². The molecule has 0 saturated heterocycles. The Labute approximate surface area is 86.3 Å². The van der Waals surface area contributed by atoms with Gasteiger partial charge in [0, 0.05) is 4.47 Å². The molecule has 1 aliphatic carbocycles. The number of halogens is 1. The third kappa shape index (κ3) is 1.33. The van der Waals surface area contributed by atoms with Crippen LogP contribution in [0, 0.1) is 0 Å². The number of aldehydes is 1. The summed E-state index contributed by atoms with van der Waals surface area (Å²) in [4.78, 5) is 11.0. The lowest BCUT2D eigenvalue weighted by Crippen LogP contribution is -2.36. The molecule has 1 fully saturated rings. The molecule has 1 aromatic rings. The van der Waals surface area contributed by atoms with Gasteiger partial charge in [0.05, 0.1) is 5.41 Å². The van der Waals surface area contributed by atoms with E-state index in [9.17, 15) is 4.79 Å². The molecule has 2 rings (SSSR count). The molecule has 0 spiro atoms. The second-order valence-electron chi connectivity index (χ2n) is 3.61. The fourth-order valence-electron chi connectivity index (χ4n) is 1.87. The van der Waals surface area contributed by atoms with E-state index >= 15 is 0 Å². The second-order valence-corrected chi connectivity index (χ2v) is 4.46. The van der Waals surface area contributed by atoms with Crippen LogP contribution >= 0.6 is 15.9 Å². The standard InChI is InChI=1S/C11H11BrO/c12-10-5-2-1-4-9(10)11(8-13)6-3-7-11/h1-2,4-5,8H,3,6-7H2. The van der Waals surface area contributed by atoms with Gasteiger partial charge in [-0.15, -0.1) is 0 Å². The Kier molecular flexibility index (Phi) is 2.24. The fraction of sp³-hybridized carbons (Fsp3) is 0.364. The van der Waals surface area contributed by atoms with Gasteiger partial charge < -0.3 is 4.79 Å². The van der Waals surface area contributed by atoms with Gasteiger partial charge in [-0.2, -0.15) is 0 Å². The molecule has 0 atom stereocenters. The third-order valence-corrected chi connectivity index (χ3v) is 3.57. The summed E-state index contributed by atoms with van der Waals surface area (Å²) in [5, 5.41) is 0. The van der Waals surface area contributed by atoms with Gasteiger partial charge in [-0.25, -0.2) is 0 Å². The van der Waals surface area contributed by atoms with Crippen LogP contribution in [0.25, 0.3) is 0 Å². The Morgan fingerprint density at radius 3 is 2.46 bits per heavy atom. The highest BCUT2D eigenvalue weighted by molar-refractivity contribution is 9.10. The number of hydrogen-bond donors (Lipinski definition) is 0. The Morgan fingerprint density at radius 2 is 2.00 bits per heavy atom. The van der Waals surface area contributed by atoms with Crippen molar-refractivity contribution in [3.05, 3.63) is 34.3 Å². The number of carbonyl (C=O) groups is 1. The van der Waals surface area contributed by atoms with Gasteiger partial charge in [0.2, 0.25) is 0 Å². The molecule has 1 nitrogen and oxygen atoms in total. The Morgan fingerprint density at radius 1 is 1.31 bits per heavy atom. The lowest BCUT2D eigenvalue weighted by molar-refractivity contribution is -0.115. The van der Waals surface area contributed by atoms with Gasteiger partial charge in [-0.3, -0.25) is 0 Å². The SMILES string of the molecule is O=CC1(c2ccccc2Br)CCC1. The first-order valence-electron chi connectivity index (χ1n) is 4.50. The zero-order valence-electron chi connectivity index (χ0n) is 7.29. The lowest BCUT2D eigenvalue weighted by Gasteiger charge is -2.37. The van der Waals surface area contributed by atoms with Gasteiger partial charge in [0.1, 0.15) is 6.29 Å². The van der Waals surface area contributed by atoms with E-state index in [1.807, 2.05) is 24.3 Å². The molecular formula is C11H11BrO. The van der Waals surface area contributed by atoms with Crippen molar-refractivity contribution in [1.29, 1.82) is 0 Å². The number of rotatable bonds is 2. The minimum atomic E-state index is -0.180. The molecule has 0 N–H and O–H groups in total. The van der Waals surface area contributed by atoms with Crippen LogP contribution in [0.1, 0.15) is 24.8 Å². The van der Waals surface area contributed by atoms with Crippen molar-refractivity contribution >= 4 is 22.2 Å². The maximum atomic E-state index is 11.0. The molecule has 0 unspecified atom stereocenters. The van der Waals surface area contributed by atoms with Crippen molar-refractivity contribution in [2.45, 2.75) is 24.7 Å². The monoisotopic (exact) mass is 238 g/mol. The van der Waals surface area contributed by atoms with Crippen LogP contribution in [0.4, 0.5) is 0 Å². The van der Waals surface area contributed by atoms with E-state index in [2.05, 4.69) is 15.9 Å². The maximum absolute atomic E-state index is 11.0. The summed E-state index contributed by atoms with van der Waals surface area (Å²) in [6.45, 7) is 0. The van der Waals surface area contributed by atoms with Crippen molar-refractivity contribution < 1.29 is 4.79 Å². The predicted molar refractivity (Wildman–Crippen MR) is 55.7 cm³/mol. The van der Waals surface area contributed by atoms with E-state index in [0.717, 1.165) is 29.2 Å². The summed E-state index contributed by atoms with van der Waals surface area (Å²) in [7, 11) is 0. The zero-order valence-corrected chi connectivity index (χ0v) is 8.88. The van der Waals surface area contributed by atoms with Crippen LogP contribution < -0.4 is 0 Å². The van der Waals surface area contributed by atoms with Crippen LogP contribution in [-0.4, -0.2) is 6.29 Å². The van der Waals surface area contributed by atoms with E-state index in [-0.39, 0.29) is 5.41 Å². The van der Waals surface area contributed by atoms with E-state index in [1.54, 1.807) is 0 Å². The van der Waals surface area contributed by atoms with E-state index in [4.69, 9.17) is 0 Å². The second kappa shape index (κ2) is 3.26. The fourth-order valence-corrected chi connectivity index (χ4v) is 2.55. The molecule has 0 aromatic heterocycles. The largest absolute Gasteiger partial charge is 0.302 e. The molecule has 0 amide bonds. The highest BCUT2D eigenvalue weighted by atomic mass is 79.9. The summed E-state index contributed by atoms with van der Waals surface area (Å²) in [6.07, 6.45) is 4.27. The molecule has 68 valence electrons. The molecule has 0 heterocycles. The van der Waals surface area contributed by atoms with Crippen molar-refractivity contribution in [1.82, 2.24) is 0 Å². The number of hydrogen-bond acceptors (Lipinski definition) is 1. The summed E-state index contributed by atoms with van der Waals surface area (Å²) in [5.41, 5.74) is 0.969. The van der Waals surface area contributed by atoms with Gasteiger partial charge in [-0.1, -0.05) is 40.5 Å². The predicted octanol–water partition coefficient (Wildman–Crippen LogP) is 3.07. The first kappa shape index (κ1) is 8.95. The number of carbonyl (C=O) groups excluding carboxylic acids is 1. The number of benzene rings is 1. The average molecular weight is 239 g/mol. The minimum Gasteiger partial charge on any atom is -0.302 e. The first-order valence-corrected chi connectivity index (χ1v) is 5.29. The molecule has 0 bridgehead atoms. The summed E-state index contributed by atoms with van der Waals surface area (Å²) >= 11 is 3.49. The van der Waals surface area contributed by atoms with Crippen LogP contribution in [0.5, 0.6) is 0 Å². The quantitative estimate of drug-likeness (QED) is 0.725. The van der Waals surface area contributed by atoms with Gasteiger partial charge in [-0.05, 0) is 24.5 Å². The summed E-state index contributed by atoms with van der Waals surface area (Å²) in [6, 6.07) is 8.00. The average Bonchev–Trinajstić information content (AvgIpc) is 2.07. The molecule has 1 aromatic carbocycles. The van der Waals surface area contributed by atoms with E-state index in [1.165, 1.54) is 6.42 Å². The minimum absolute atomic E-state index is 0.180. The Balaban J connectivity index is 2.44. The van der Waals surface area contributed by atoms with Crippen molar-refractivity contribution in [3.63, 3.8) is 0 Å². The van der Waals surface area contributed by atoms with Crippen molar-refractivity contribution in [2.75, 3.05) is 0 Å². The molecule has 0 radical (unpaired) electrons. The summed E-state index contributed by atoms with van der Waals surface area (Å²) in [5.74, 6) is 0. The molecule has 1 aliphatic rings. The van der Waals surface area contributed by atoms with Crippen LogP contribution in [0.15, 0.2) is 28.7 Å². The maximum Gasteiger partial charge on any atom is 0.130 e. The van der Waals surface area contributed by atoms with Gasteiger partial charge in [0.25, 0.3) is 0 Å². The lowest BCUT2D eigenvalue weighted by atomic mass is 9.65. The van der Waals surface area contributed by atoms with Crippen LogP contribution in [0.2, 0.25) is 0 Å². The third-order valence-electron chi connectivity index (χ3n) is 2.88.